The summed E-state index contributed by atoms with van der Waals surface area (Å²) in [6, 6.07) is 19.5. The van der Waals surface area contributed by atoms with E-state index in [2.05, 4.69) is 5.32 Å². The highest BCUT2D eigenvalue weighted by Gasteiger charge is 2.33. The third kappa shape index (κ3) is 7.40. The molecular formula is C30H36ClN3O4S. The van der Waals surface area contributed by atoms with Crippen molar-refractivity contribution in [2.45, 2.75) is 64.6 Å². The molecule has 0 unspecified atom stereocenters. The van der Waals surface area contributed by atoms with Crippen molar-refractivity contribution in [3.63, 3.8) is 0 Å². The van der Waals surface area contributed by atoms with Gasteiger partial charge in [0.05, 0.1) is 10.6 Å². The first kappa shape index (κ1) is 30.2. The van der Waals surface area contributed by atoms with Gasteiger partial charge in [0, 0.05) is 17.6 Å². The van der Waals surface area contributed by atoms with Gasteiger partial charge < -0.3 is 10.2 Å². The monoisotopic (exact) mass is 569 g/mol. The van der Waals surface area contributed by atoms with E-state index in [1.165, 1.54) is 23.1 Å². The van der Waals surface area contributed by atoms with Crippen LogP contribution in [0.1, 0.15) is 43.9 Å². The summed E-state index contributed by atoms with van der Waals surface area (Å²) in [5, 5.41) is 3.32. The Hall–Kier alpha value is -3.36. The molecule has 9 heteroatoms. The van der Waals surface area contributed by atoms with Crippen molar-refractivity contribution in [3.8, 4) is 0 Å². The highest BCUT2D eigenvalue weighted by Crippen LogP contribution is 2.28. The highest BCUT2D eigenvalue weighted by molar-refractivity contribution is 7.92. The van der Waals surface area contributed by atoms with Gasteiger partial charge >= 0.3 is 0 Å². The van der Waals surface area contributed by atoms with Crippen LogP contribution in [0.2, 0.25) is 5.02 Å². The van der Waals surface area contributed by atoms with Gasteiger partial charge in [0.15, 0.2) is 0 Å². The van der Waals surface area contributed by atoms with Crippen LogP contribution < -0.4 is 9.62 Å². The zero-order chi connectivity index (χ0) is 28.7. The van der Waals surface area contributed by atoms with Crippen molar-refractivity contribution in [3.05, 3.63) is 94.5 Å². The summed E-state index contributed by atoms with van der Waals surface area (Å²) in [5.41, 5.74) is 2.87. The first-order valence-corrected chi connectivity index (χ1v) is 14.8. The molecule has 1 N–H and O–H groups in total. The van der Waals surface area contributed by atoms with Crippen molar-refractivity contribution in [1.82, 2.24) is 10.2 Å². The molecular weight excluding hydrogens is 534 g/mol. The fraction of sp³-hybridized carbons (Fsp3) is 0.333. The lowest BCUT2D eigenvalue weighted by Gasteiger charge is -2.33. The first-order valence-electron chi connectivity index (χ1n) is 12.9. The minimum Gasteiger partial charge on any atom is -0.352 e. The van der Waals surface area contributed by atoms with Crippen LogP contribution in [0.5, 0.6) is 0 Å². The van der Waals surface area contributed by atoms with Crippen LogP contribution in [0, 0.1) is 13.8 Å². The molecule has 0 spiro atoms. The van der Waals surface area contributed by atoms with Crippen LogP contribution in [-0.4, -0.2) is 43.8 Å². The summed E-state index contributed by atoms with van der Waals surface area (Å²) in [4.78, 5) is 28.6. The largest absolute Gasteiger partial charge is 0.352 e. The molecule has 208 valence electrons. The van der Waals surface area contributed by atoms with E-state index in [-0.39, 0.29) is 29.1 Å². The second-order valence-electron chi connectivity index (χ2n) is 9.70. The lowest BCUT2D eigenvalue weighted by molar-refractivity contribution is -0.139. The number of nitrogens with zero attached hydrogens (tertiary/aromatic N) is 2. The van der Waals surface area contributed by atoms with E-state index < -0.39 is 28.5 Å². The highest BCUT2D eigenvalue weighted by atomic mass is 35.5. The number of carbonyl (C=O) groups excluding carboxylic acids is 2. The molecule has 2 atom stereocenters. The molecule has 0 radical (unpaired) electrons. The number of sulfonamides is 1. The molecule has 2 amide bonds. The van der Waals surface area contributed by atoms with Crippen LogP contribution >= 0.6 is 11.6 Å². The second-order valence-corrected chi connectivity index (χ2v) is 12.0. The van der Waals surface area contributed by atoms with Crippen molar-refractivity contribution in [1.29, 1.82) is 0 Å². The van der Waals surface area contributed by atoms with Crippen LogP contribution in [0.4, 0.5) is 5.69 Å². The summed E-state index contributed by atoms with van der Waals surface area (Å²) >= 11 is 6.36. The molecule has 0 aromatic heterocycles. The number of amides is 2. The molecule has 39 heavy (non-hydrogen) atoms. The number of hydrogen-bond donors (Lipinski definition) is 1. The number of nitrogens with one attached hydrogen (secondary N) is 1. The fourth-order valence-corrected chi connectivity index (χ4v) is 5.61. The molecule has 0 heterocycles. The lowest BCUT2D eigenvalue weighted by Crippen LogP contribution is -2.52. The Morgan fingerprint density at radius 1 is 0.923 bits per heavy atom. The van der Waals surface area contributed by atoms with E-state index in [0.29, 0.717) is 5.02 Å². The summed E-state index contributed by atoms with van der Waals surface area (Å²) < 4.78 is 28.7. The number of carbonyl (C=O) groups is 2. The summed E-state index contributed by atoms with van der Waals surface area (Å²) in [5.74, 6) is -0.816. The normalized spacial score (nSPS) is 12.9. The molecule has 0 aliphatic heterocycles. The van der Waals surface area contributed by atoms with Crippen molar-refractivity contribution < 1.29 is 18.0 Å². The maximum Gasteiger partial charge on any atom is 0.264 e. The summed E-state index contributed by atoms with van der Waals surface area (Å²) in [7, 11) is -4.14. The predicted molar refractivity (Wildman–Crippen MR) is 156 cm³/mol. The number of hydrogen-bond acceptors (Lipinski definition) is 4. The van der Waals surface area contributed by atoms with Gasteiger partial charge in [-0.05, 0) is 75.1 Å². The van der Waals surface area contributed by atoms with Gasteiger partial charge in [-0.3, -0.25) is 13.9 Å². The third-order valence-electron chi connectivity index (χ3n) is 6.82. The summed E-state index contributed by atoms with van der Waals surface area (Å²) in [6.45, 7) is 8.90. The second kappa shape index (κ2) is 13.1. The van der Waals surface area contributed by atoms with Crippen LogP contribution in [0.25, 0.3) is 0 Å². The number of aryl methyl sites for hydroxylation is 2. The molecule has 3 aromatic carbocycles. The van der Waals surface area contributed by atoms with Gasteiger partial charge in [-0.25, -0.2) is 8.42 Å². The van der Waals surface area contributed by atoms with Gasteiger partial charge in [-0.2, -0.15) is 0 Å². The van der Waals surface area contributed by atoms with Crippen LogP contribution in [-0.2, 0) is 26.2 Å². The number of anilines is 1. The first-order chi connectivity index (χ1) is 18.4. The Labute approximate surface area is 236 Å². The predicted octanol–water partition coefficient (Wildman–Crippen LogP) is 5.48. The molecule has 0 saturated heterocycles. The van der Waals surface area contributed by atoms with Gasteiger partial charge in [0.25, 0.3) is 10.0 Å². The quantitative estimate of drug-likeness (QED) is 0.331. The SMILES string of the molecule is CC[C@H](C)NC(=O)[C@@H](C)N(Cc1ccccc1C)C(=O)CN(c1ccc(C)c(Cl)c1)S(=O)(=O)c1ccccc1. The maximum atomic E-state index is 14.0. The maximum absolute atomic E-state index is 14.0. The van der Waals surface area contributed by atoms with E-state index in [1.54, 1.807) is 37.3 Å². The summed E-state index contributed by atoms with van der Waals surface area (Å²) in [6.07, 6.45) is 0.738. The van der Waals surface area contributed by atoms with E-state index in [1.807, 2.05) is 52.0 Å². The smallest absolute Gasteiger partial charge is 0.264 e. The number of rotatable bonds is 11. The van der Waals surface area contributed by atoms with E-state index in [0.717, 1.165) is 27.4 Å². The molecule has 7 nitrogen and oxygen atoms in total. The molecule has 3 aromatic rings. The van der Waals surface area contributed by atoms with E-state index in [4.69, 9.17) is 11.6 Å². The van der Waals surface area contributed by atoms with Crippen molar-refractivity contribution >= 4 is 39.1 Å². The van der Waals surface area contributed by atoms with Crippen LogP contribution in [0.3, 0.4) is 0 Å². The van der Waals surface area contributed by atoms with Gasteiger partial charge in [-0.15, -0.1) is 0 Å². The Balaban J connectivity index is 2.05. The number of halogens is 1. The number of benzene rings is 3. The average molecular weight is 570 g/mol. The van der Waals surface area contributed by atoms with Gasteiger partial charge in [0.1, 0.15) is 12.6 Å². The third-order valence-corrected chi connectivity index (χ3v) is 9.02. The van der Waals surface area contributed by atoms with Crippen molar-refractivity contribution in [2.24, 2.45) is 0 Å². The minimum absolute atomic E-state index is 0.0440. The zero-order valence-corrected chi connectivity index (χ0v) is 24.6. The topological polar surface area (TPSA) is 86.8 Å². The van der Waals surface area contributed by atoms with E-state index in [9.17, 15) is 18.0 Å². The molecule has 0 saturated carbocycles. The lowest BCUT2D eigenvalue weighted by atomic mass is 10.1. The molecule has 0 bridgehead atoms. The average Bonchev–Trinajstić information content (AvgIpc) is 2.92. The van der Waals surface area contributed by atoms with Gasteiger partial charge in [0.2, 0.25) is 11.8 Å². The molecule has 3 rings (SSSR count). The van der Waals surface area contributed by atoms with Crippen LogP contribution in [0.15, 0.2) is 77.7 Å². The Morgan fingerprint density at radius 3 is 2.18 bits per heavy atom. The Bertz CT molecular complexity index is 1410. The van der Waals surface area contributed by atoms with Crippen molar-refractivity contribution in [2.75, 3.05) is 10.8 Å². The zero-order valence-electron chi connectivity index (χ0n) is 23.0. The molecule has 0 aliphatic rings. The minimum atomic E-state index is -4.14. The molecule has 0 aliphatic carbocycles. The fourth-order valence-electron chi connectivity index (χ4n) is 4.00. The van der Waals surface area contributed by atoms with Gasteiger partial charge in [-0.1, -0.05) is 67.1 Å². The standard InChI is InChI=1S/C30H36ClN3O4S/c1-6-23(4)32-30(36)24(5)33(19-25-13-11-10-12-21(25)2)29(35)20-34(26-17-16-22(3)28(31)18-26)39(37,38)27-14-8-7-9-15-27/h7-18,23-24H,6,19-20H2,1-5H3,(H,32,36)/t23-,24+/m0/s1. The van der Waals surface area contributed by atoms with E-state index >= 15 is 0 Å². The Kier molecular flexibility index (Phi) is 10.2. The molecule has 0 fully saturated rings. The Morgan fingerprint density at radius 2 is 1.56 bits per heavy atom.